The first-order chi connectivity index (χ1) is 6.24. The molecule has 0 aromatic carbocycles. The van der Waals surface area contributed by atoms with Crippen LogP contribution in [0.3, 0.4) is 0 Å². The van der Waals surface area contributed by atoms with Gasteiger partial charge in [-0.05, 0) is 6.07 Å². The SMILES string of the molecule is NCCOc1ccc(C(F)F)cn1. The van der Waals surface area contributed by atoms with Gasteiger partial charge in [0.2, 0.25) is 5.88 Å². The van der Waals surface area contributed by atoms with E-state index in [1.54, 1.807) is 0 Å². The standard InChI is InChI=1S/C8H10F2N2O/c9-8(10)6-1-2-7(12-5-6)13-4-3-11/h1-2,5,8H,3-4,11H2. The molecule has 1 aromatic rings. The van der Waals surface area contributed by atoms with Crippen molar-refractivity contribution in [3.05, 3.63) is 23.9 Å². The van der Waals surface area contributed by atoms with Crippen LogP contribution in [-0.4, -0.2) is 18.1 Å². The summed E-state index contributed by atoms with van der Waals surface area (Å²) in [6.07, 6.45) is -1.40. The highest BCUT2D eigenvalue weighted by atomic mass is 19.3. The molecule has 3 nitrogen and oxygen atoms in total. The van der Waals surface area contributed by atoms with E-state index in [0.29, 0.717) is 19.0 Å². The average Bonchev–Trinajstić information content (AvgIpc) is 2.15. The Balaban J connectivity index is 2.59. The molecule has 0 spiro atoms. The van der Waals surface area contributed by atoms with E-state index in [-0.39, 0.29) is 5.56 Å². The first-order valence-electron chi connectivity index (χ1n) is 3.81. The fourth-order valence-electron chi connectivity index (χ4n) is 0.770. The Morgan fingerprint density at radius 2 is 2.23 bits per heavy atom. The summed E-state index contributed by atoms with van der Waals surface area (Å²) in [5.41, 5.74) is 5.07. The lowest BCUT2D eigenvalue weighted by atomic mass is 10.3. The minimum atomic E-state index is -2.49. The molecule has 0 fully saturated rings. The Kier molecular flexibility index (Phi) is 3.57. The molecule has 1 aromatic heterocycles. The van der Waals surface area contributed by atoms with Crippen molar-refractivity contribution in [1.82, 2.24) is 4.98 Å². The number of hydrogen-bond donors (Lipinski definition) is 1. The first kappa shape index (κ1) is 9.85. The molecule has 5 heteroatoms. The Morgan fingerprint density at radius 3 is 2.69 bits per heavy atom. The molecule has 0 aliphatic heterocycles. The smallest absolute Gasteiger partial charge is 0.265 e. The summed E-state index contributed by atoms with van der Waals surface area (Å²) >= 11 is 0. The third-order valence-corrected chi connectivity index (χ3v) is 1.38. The highest BCUT2D eigenvalue weighted by Gasteiger charge is 2.06. The molecular formula is C8H10F2N2O. The first-order valence-corrected chi connectivity index (χ1v) is 3.81. The Labute approximate surface area is 74.5 Å². The van der Waals surface area contributed by atoms with Crippen molar-refractivity contribution in [3.63, 3.8) is 0 Å². The lowest BCUT2D eigenvalue weighted by molar-refractivity contribution is 0.150. The second kappa shape index (κ2) is 4.71. The van der Waals surface area contributed by atoms with E-state index in [2.05, 4.69) is 4.98 Å². The Bertz CT molecular complexity index is 251. The fourth-order valence-corrected chi connectivity index (χ4v) is 0.770. The van der Waals surface area contributed by atoms with Crippen molar-refractivity contribution in [3.8, 4) is 5.88 Å². The maximum Gasteiger partial charge on any atom is 0.265 e. The monoisotopic (exact) mass is 188 g/mol. The van der Waals surface area contributed by atoms with Crippen molar-refractivity contribution in [2.45, 2.75) is 6.43 Å². The lowest BCUT2D eigenvalue weighted by Crippen LogP contribution is -2.11. The third-order valence-electron chi connectivity index (χ3n) is 1.38. The van der Waals surface area contributed by atoms with Crippen molar-refractivity contribution in [1.29, 1.82) is 0 Å². The summed E-state index contributed by atoms with van der Waals surface area (Å²) in [4.78, 5) is 3.68. The van der Waals surface area contributed by atoms with Crippen LogP contribution in [0.15, 0.2) is 18.3 Å². The topological polar surface area (TPSA) is 48.1 Å². The normalized spacial score (nSPS) is 10.5. The molecule has 0 aliphatic rings. The van der Waals surface area contributed by atoms with Crippen LogP contribution in [0.25, 0.3) is 0 Å². The molecule has 1 heterocycles. The second-order valence-electron chi connectivity index (χ2n) is 2.37. The van der Waals surface area contributed by atoms with Crippen molar-refractivity contribution >= 4 is 0 Å². The average molecular weight is 188 g/mol. The van der Waals surface area contributed by atoms with E-state index in [1.807, 2.05) is 0 Å². The maximum absolute atomic E-state index is 12.0. The highest BCUT2D eigenvalue weighted by Crippen LogP contribution is 2.18. The predicted octanol–water partition coefficient (Wildman–Crippen LogP) is 1.36. The predicted molar refractivity (Wildman–Crippen MR) is 43.7 cm³/mol. The molecule has 0 unspecified atom stereocenters. The van der Waals surface area contributed by atoms with Gasteiger partial charge in [-0.15, -0.1) is 0 Å². The van der Waals surface area contributed by atoms with Crippen LogP contribution in [0.5, 0.6) is 5.88 Å². The Hall–Kier alpha value is -1.23. The molecule has 0 saturated heterocycles. The van der Waals surface area contributed by atoms with Gasteiger partial charge in [0.1, 0.15) is 6.61 Å². The van der Waals surface area contributed by atoms with Gasteiger partial charge in [0, 0.05) is 24.4 Å². The number of alkyl halides is 2. The molecule has 1 rings (SSSR count). The molecule has 0 radical (unpaired) electrons. The van der Waals surface area contributed by atoms with Gasteiger partial charge in [-0.25, -0.2) is 13.8 Å². The largest absolute Gasteiger partial charge is 0.476 e. The quantitative estimate of drug-likeness (QED) is 0.776. The molecule has 0 saturated carbocycles. The van der Waals surface area contributed by atoms with Gasteiger partial charge >= 0.3 is 0 Å². The molecule has 72 valence electrons. The van der Waals surface area contributed by atoms with Crippen molar-refractivity contribution in [2.75, 3.05) is 13.2 Å². The second-order valence-corrected chi connectivity index (χ2v) is 2.37. The number of aromatic nitrogens is 1. The molecule has 0 aliphatic carbocycles. The van der Waals surface area contributed by atoms with Crippen LogP contribution in [0, 0.1) is 0 Å². The molecule has 0 bridgehead atoms. The van der Waals surface area contributed by atoms with E-state index in [1.165, 1.54) is 12.1 Å². The minimum Gasteiger partial charge on any atom is -0.476 e. The van der Waals surface area contributed by atoms with Crippen LogP contribution in [0.4, 0.5) is 8.78 Å². The number of rotatable bonds is 4. The summed E-state index contributed by atoms with van der Waals surface area (Å²) in [5, 5.41) is 0. The van der Waals surface area contributed by atoms with E-state index >= 15 is 0 Å². The summed E-state index contributed by atoms with van der Waals surface area (Å²) in [6, 6.07) is 2.68. The van der Waals surface area contributed by atoms with Gasteiger partial charge in [-0.2, -0.15) is 0 Å². The van der Waals surface area contributed by atoms with Gasteiger partial charge in [-0.3, -0.25) is 0 Å². The van der Waals surface area contributed by atoms with Crippen LogP contribution < -0.4 is 10.5 Å². The van der Waals surface area contributed by atoms with Gasteiger partial charge < -0.3 is 10.5 Å². The van der Waals surface area contributed by atoms with Crippen LogP contribution in [0.2, 0.25) is 0 Å². The number of hydrogen-bond acceptors (Lipinski definition) is 3. The summed E-state index contributed by atoms with van der Waals surface area (Å²) in [6.45, 7) is 0.708. The van der Waals surface area contributed by atoms with Gasteiger partial charge in [0.15, 0.2) is 0 Å². The summed E-state index contributed by atoms with van der Waals surface area (Å²) < 4.78 is 29.1. The molecule has 2 N–H and O–H groups in total. The third kappa shape index (κ3) is 2.95. The number of halogens is 2. The minimum absolute atomic E-state index is 0.111. The number of ether oxygens (including phenoxy) is 1. The van der Waals surface area contributed by atoms with Crippen molar-refractivity contribution < 1.29 is 13.5 Å². The van der Waals surface area contributed by atoms with E-state index in [0.717, 1.165) is 6.20 Å². The van der Waals surface area contributed by atoms with Crippen molar-refractivity contribution in [2.24, 2.45) is 5.73 Å². The molecular weight excluding hydrogens is 178 g/mol. The maximum atomic E-state index is 12.0. The molecule has 13 heavy (non-hydrogen) atoms. The van der Waals surface area contributed by atoms with Crippen LogP contribution in [0.1, 0.15) is 12.0 Å². The van der Waals surface area contributed by atoms with E-state index in [4.69, 9.17) is 10.5 Å². The molecule has 0 amide bonds. The fraction of sp³-hybridized carbons (Fsp3) is 0.375. The number of nitrogens with two attached hydrogens (primary N) is 1. The zero-order valence-electron chi connectivity index (χ0n) is 6.91. The number of nitrogens with zero attached hydrogens (tertiary/aromatic N) is 1. The van der Waals surface area contributed by atoms with E-state index in [9.17, 15) is 8.78 Å². The van der Waals surface area contributed by atoms with Gasteiger partial charge in [0.25, 0.3) is 6.43 Å². The number of pyridine rings is 1. The highest BCUT2D eigenvalue weighted by molar-refractivity contribution is 5.18. The Morgan fingerprint density at radius 1 is 1.46 bits per heavy atom. The zero-order valence-corrected chi connectivity index (χ0v) is 6.91. The van der Waals surface area contributed by atoms with E-state index < -0.39 is 6.43 Å². The summed E-state index contributed by atoms with van der Waals surface area (Å²) in [5.74, 6) is 0.315. The van der Waals surface area contributed by atoms with Gasteiger partial charge in [0.05, 0.1) is 0 Å². The lowest BCUT2D eigenvalue weighted by Gasteiger charge is -2.03. The van der Waals surface area contributed by atoms with Gasteiger partial charge in [-0.1, -0.05) is 0 Å². The summed E-state index contributed by atoms with van der Waals surface area (Å²) in [7, 11) is 0. The zero-order chi connectivity index (χ0) is 9.68. The van der Waals surface area contributed by atoms with Crippen LogP contribution in [-0.2, 0) is 0 Å². The van der Waals surface area contributed by atoms with Crippen LogP contribution >= 0.6 is 0 Å². The molecule has 0 atom stereocenters.